The Bertz CT molecular complexity index is 631. The number of benzene rings is 1. The quantitative estimate of drug-likeness (QED) is 0.596. The van der Waals surface area contributed by atoms with E-state index in [0.717, 1.165) is 25.2 Å². The maximum atomic E-state index is 13.3. The molecule has 0 unspecified atom stereocenters. The molecule has 1 aromatic rings. The molecule has 1 rings (SSSR count). The highest BCUT2D eigenvalue weighted by Crippen LogP contribution is 2.28. The van der Waals surface area contributed by atoms with E-state index < -0.39 is 43.8 Å². The van der Waals surface area contributed by atoms with E-state index in [-0.39, 0.29) is 0 Å². The molecule has 0 aliphatic rings. The van der Waals surface area contributed by atoms with Gasteiger partial charge in [-0.2, -0.15) is 8.70 Å². The summed E-state index contributed by atoms with van der Waals surface area (Å²) in [6.45, 7) is -0.671. The van der Waals surface area contributed by atoms with Gasteiger partial charge in [0.05, 0.1) is 11.5 Å². The molecule has 8 nitrogen and oxygen atoms in total. The van der Waals surface area contributed by atoms with Crippen molar-refractivity contribution in [2.24, 2.45) is 5.73 Å². The molecular formula is C9H10FN3O5S. The summed E-state index contributed by atoms with van der Waals surface area (Å²) in [7, 11) is -3.37. The van der Waals surface area contributed by atoms with Crippen LogP contribution in [-0.2, 0) is 14.8 Å². The number of rotatable bonds is 5. The van der Waals surface area contributed by atoms with E-state index in [1.807, 2.05) is 0 Å². The number of halogens is 1. The number of nitrogens with zero attached hydrogens (tertiary/aromatic N) is 2. The lowest BCUT2D eigenvalue weighted by Crippen LogP contribution is -2.35. The zero-order valence-corrected chi connectivity index (χ0v) is 10.6. The molecule has 0 aliphatic carbocycles. The maximum Gasteiger partial charge on any atom is 0.324 e. The topological polar surface area (TPSA) is 124 Å². The lowest BCUT2D eigenvalue weighted by Gasteiger charge is -2.15. The number of nitrogens with two attached hydrogens (primary N) is 1. The van der Waals surface area contributed by atoms with E-state index in [1.165, 1.54) is 0 Å². The number of hydrogen-bond acceptors (Lipinski definition) is 5. The minimum absolute atomic E-state index is 0.511. The molecule has 2 N–H and O–H groups in total. The van der Waals surface area contributed by atoms with Crippen molar-refractivity contribution in [3.05, 3.63) is 34.1 Å². The minimum atomic E-state index is -4.38. The Morgan fingerprint density at radius 3 is 2.58 bits per heavy atom. The number of primary amides is 1. The molecule has 1 amide bonds. The molecule has 0 fully saturated rings. The smallest absolute Gasteiger partial charge is 0.324 e. The van der Waals surface area contributed by atoms with Crippen molar-refractivity contribution in [2.45, 2.75) is 4.90 Å². The van der Waals surface area contributed by atoms with E-state index >= 15 is 0 Å². The van der Waals surface area contributed by atoms with Crippen LogP contribution >= 0.6 is 0 Å². The van der Waals surface area contributed by atoms with Crippen LogP contribution in [0.5, 0.6) is 0 Å². The number of para-hydroxylation sites is 1. The van der Waals surface area contributed by atoms with Gasteiger partial charge in [0.15, 0.2) is 4.90 Å². The molecule has 0 heterocycles. The van der Waals surface area contributed by atoms with Gasteiger partial charge < -0.3 is 5.73 Å². The number of hydrogen-bond donors (Lipinski definition) is 1. The Labute approximate surface area is 107 Å². The molecule has 104 valence electrons. The molecule has 0 aliphatic heterocycles. The van der Waals surface area contributed by atoms with Gasteiger partial charge in [-0.3, -0.25) is 14.9 Å². The van der Waals surface area contributed by atoms with Gasteiger partial charge in [0, 0.05) is 7.05 Å². The van der Waals surface area contributed by atoms with Crippen molar-refractivity contribution in [2.75, 3.05) is 13.6 Å². The first-order valence-corrected chi connectivity index (χ1v) is 6.29. The van der Waals surface area contributed by atoms with Crippen molar-refractivity contribution < 1.29 is 22.5 Å². The van der Waals surface area contributed by atoms with Crippen molar-refractivity contribution in [3.8, 4) is 0 Å². The third-order valence-corrected chi connectivity index (χ3v) is 4.03. The summed E-state index contributed by atoms with van der Waals surface area (Å²) in [6, 6.07) is 2.67. The van der Waals surface area contributed by atoms with Crippen LogP contribution < -0.4 is 5.73 Å². The number of nitro groups is 1. The van der Waals surface area contributed by atoms with Gasteiger partial charge in [0.2, 0.25) is 21.7 Å². The fraction of sp³-hybridized carbons (Fsp3) is 0.222. The largest absolute Gasteiger partial charge is 0.369 e. The lowest BCUT2D eigenvalue weighted by molar-refractivity contribution is -0.390. The zero-order chi connectivity index (χ0) is 14.8. The van der Waals surface area contributed by atoms with Crippen LogP contribution in [0, 0.1) is 15.9 Å². The Hall–Kier alpha value is -2.07. The van der Waals surface area contributed by atoms with Gasteiger partial charge in [-0.15, -0.1) is 0 Å². The van der Waals surface area contributed by atoms with E-state index in [1.54, 1.807) is 0 Å². The number of amides is 1. The predicted molar refractivity (Wildman–Crippen MR) is 62.1 cm³/mol. The molecule has 1 aromatic carbocycles. The Balaban J connectivity index is 3.41. The highest BCUT2D eigenvalue weighted by molar-refractivity contribution is 7.89. The van der Waals surface area contributed by atoms with Crippen LogP contribution in [0.3, 0.4) is 0 Å². The molecule has 0 spiro atoms. The van der Waals surface area contributed by atoms with E-state index in [0.29, 0.717) is 4.31 Å². The average Bonchev–Trinajstić information content (AvgIpc) is 2.26. The van der Waals surface area contributed by atoms with Crippen LogP contribution in [-0.4, -0.2) is 37.1 Å². The second kappa shape index (κ2) is 5.28. The van der Waals surface area contributed by atoms with Crippen LogP contribution in [0.25, 0.3) is 0 Å². The molecule has 10 heteroatoms. The number of nitro benzene ring substituents is 1. The standard InChI is InChI=1S/C9H10FN3O5S/c1-12(5-8(11)14)19(17,18)7-4-2-3-6(10)9(7)13(15)16/h2-4H,5H2,1H3,(H2,11,14). The lowest BCUT2D eigenvalue weighted by atomic mass is 10.3. The van der Waals surface area contributed by atoms with Crippen molar-refractivity contribution in [1.82, 2.24) is 4.31 Å². The summed E-state index contributed by atoms with van der Waals surface area (Å²) in [5.74, 6) is -2.22. The van der Waals surface area contributed by atoms with Gasteiger partial charge >= 0.3 is 5.69 Å². The first-order chi connectivity index (χ1) is 8.67. The average molecular weight is 291 g/mol. The normalized spacial score (nSPS) is 11.5. The molecule has 0 saturated heterocycles. The van der Waals surface area contributed by atoms with Crippen LogP contribution in [0.15, 0.2) is 23.1 Å². The van der Waals surface area contributed by atoms with Gasteiger partial charge in [-0.25, -0.2) is 8.42 Å². The molecule has 0 saturated carbocycles. The SMILES string of the molecule is CN(CC(N)=O)S(=O)(=O)c1cccc(F)c1[N+](=O)[O-]. The maximum absolute atomic E-state index is 13.3. The molecule has 0 atom stereocenters. The predicted octanol–water partition coefficient (Wildman–Crippen LogP) is -0.160. The highest BCUT2D eigenvalue weighted by Gasteiger charge is 2.32. The summed E-state index contributed by atoms with van der Waals surface area (Å²) >= 11 is 0. The fourth-order valence-electron chi connectivity index (χ4n) is 1.35. The van der Waals surface area contributed by atoms with Gasteiger partial charge in [0.1, 0.15) is 0 Å². The Kier molecular flexibility index (Phi) is 4.17. The summed E-state index contributed by atoms with van der Waals surface area (Å²) in [4.78, 5) is 19.4. The fourth-order valence-corrected chi connectivity index (χ4v) is 2.65. The third-order valence-electron chi connectivity index (χ3n) is 2.20. The van der Waals surface area contributed by atoms with Gasteiger partial charge in [-0.1, -0.05) is 6.07 Å². The van der Waals surface area contributed by atoms with Crippen molar-refractivity contribution >= 4 is 21.6 Å². The van der Waals surface area contributed by atoms with E-state index in [2.05, 4.69) is 0 Å². The third kappa shape index (κ3) is 3.03. The molecule has 0 bridgehead atoms. The van der Waals surface area contributed by atoms with E-state index in [9.17, 15) is 27.7 Å². The number of sulfonamides is 1. The number of carbonyl (C=O) groups excluding carboxylic acids is 1. The zero-order valence-electron chi connectivity index (χ0n) is 9.74. The molecule has 19 heavy (non-hydrogen) atoms. The van der Waals surface area contributed by atoms with E-state index in [4.69, 9.17) is 5.73 Å². The summed E-state index contributed by atoms with van der Waals surface area (Å²) in [5, 5.41) is 10.7. The van der Waals surface area contributed by atoms with Crippen LogP contribution in [0.2, 0.25) is 0 Å². The second-order valence-corrected chi connectivity index (χ2v) is 5.58. The van der Waals surface area contributed by atoms with Crippen molar-refractivity contribution in [3.63, 3.8) is 0 Å². The molecule has 0 radical (unpaired) electrons. The summed E-state index contributed by atoms with van der Waals surface area (Å²) in [5.41, 5.74) is 3.68. The highest BCUT2D eigenvalue weighted by atomic mass is 32.2. The summed E-state index contributed by atoms with van der Waals surface area (Å²) < 4.78 is 37.8. The summed E-state index contributed by atoms with van der Waals surface area (Å²) in [6.07, 6.45) is 0. The second-order valence-electron chi connectivity index (χ2n) is 3.57. The molecular weight excluding hydrogens is 281 g/mol. The van der Waals surface area contributed by atoms with Crippen LogP contribution in [0.4, 0.5) is 10.1 Å². The monoisotopic (exact) mass is 291 g/mol. The Morgan fingerprint density at radius 1 is 1.53 bits per heavy atom. The number of carbonyl (C=O) groups is 1. The molecule has 0 aromatic heterocycles. The first kappa shape index (κ1) is 15.0. The minimum Gasteiger partial charge on any atom is -0.369 e. The first-order valence-electron chi connectivity index (χ1n) is 4.85. The van der Waals surface area contributed by atoms with Crippen LogP contribution in [0.1, 0.15) is 0 Å². The Morgan fingerprint density at radius 2 is 2.11 bits per heavy atom. The number of likely N-dealkylation sites (N-methyl/N-ethyl adjacent to an activating group) is 1. The van der Waals surface area contributed by atoms with Crippen molar-refractivity contribution in [1.29, 1.82) is 0 Å². The van der Waals surface area contributed by atoms with Gasteiger partial charge in [-0.05, 0) is 12.1 Å². The van der Waals surface area contributed by atoms with Gasteiger partial charge in [0.25, 0.3) is 0 Å².